The molecule has 6 atom stereocenters. The molecule has 3 heterocycles. The molecule has 0 aromatic carbocycles. The first-order chi connectivity index (χ1) is 13.2. The highest BCUT2D eigenvalue weighted by molar-refractivity contribution is 5.84. The lowest BCUT2D eigenvalue weighted by atomic mass is 9.82. The van der Waals surface area contributed by atoms with Gasteiger partial charge in [-0.3, -0.25) is 9.69 Å². The van der Waals surface area contributed by atoms with Crippen molar-refractivity contribution in [3.63, 3.8) is 0 Å². The molecule has 2 bridgehead atoms. The van der Waals surface area contributed by atoms with Crippen molar-refractivity contribution in [2.24, 2.45) is 23.5 Å². The first kappa shape index (κ1) is 17.9. The van der Waals surface area contributed by atoms with Crippen LogP contribution in [0.4, 0.5) is 0 Å². The van der Waals surface area contributed by atoms with Gasteiger partial charge in [0.15, 0.2) is 0 Å². The van der Waals surface area contributed by atoms with Crippen molar-refractivity contribution in [2.45, 2.75) is 101 Å². The Kier molecular flexibility index (Phi) is 4.68. The fourth-order valence-electron chi connectivity index (χ4n) is 6.84. The maximum atomic E-state index is 13.1. The van der Waals surface area contributed by atoms with Gasteiger partial charge < -0.3 is 10.6 Å². The van der Waals surface area contributed by atoms with E-state index in [2.05, 4.69) is 11.0 Å². The molecule has 1 amide bonds. The van der Waals surface area contributed by atoms with E-state index in [1.165, 1.54) is 51.5 Å². The Balaban J connectivity index is 1.21. The summed E-state index contributed by atoms with van der Waals surface area (Å²) >= 11 is 0. The van der Waals surface area contributed by atoms with Gasteiger partial charge in [-0.25, -0.2) is 0 Å². The Hall–Kier alpha value is -1.12. The molecule has 0 spiro atoms. The zero-order valence-electron chi connectivity index (χ0n) is 16.4. The van der Waals surface area contributed by atoms with Gasteiger partial charge in [-0.1, -0.05) is 19.3 Å². The lowest BCUT2D eigenvalue weighted by molar-refractivity contribution is -0.135. The molecule has 2 aliphatic carbocycles. The van der Waals surface area contributed by atoms with Crippen molar-refractivity contribution >= 4 is 5.91 Å². The molecule has 2 unspecified atom stereocenters. The van der Waals surface area contributed by atoms with E-state index in [4.69, 9.17) is 5.73 Å². The maximum absolute atomic E-state index is 13.1. The van der Waals surface area contributed by atoms with Gasteiger partial charge in [-0.15, -0.1) is 0 Å². The van der Waals surface area contributed by atoms with Gasteiger partial charge in [0.1, 0.15) is 6.04 Å². The summed E-state index contributed by atoms with van der Waals surface area (Å²) in [4.78, 5) is 17.8. The number of nitrogens with two attached hydrogens (primary N) is 1. The molecule has 5 rings (SSSR count). The van der Waals surface area contributed by atoms with Crippen molar-refractivity contribution in [3.05, 3.63) is 0 Å². The minimum absolute atomic E-state index is 0.0664. The number of piperidine rings is 2. The number of rotatable bonds is 4. The summed E-state index contributed by atoms with van der Waals surface area (Å²) < 4.78 is 0. The van der Waals surface area contributed by atoms with Crippen LogP contribution >= 0.6 is 0 Å². The Morgan fingerprint density at radius 2 is 1.74 bits per heavy atom. The second-order valence-corrected chi connectivity index (χ2v) is 10.0. The normalized spacial score (nSPS) is 42.6. The summed E-state index contributed by atoms with van der Waals surface area (Å²) in [5, 5.41) is 9.41. The summed E-state index contributed by atoms with van der Waals surface area (Å²) in [6, 6.07) is 3.29. The number of nitriles is 1. The second-order valence-electron chi connectivity index (χ2n) is 10.0. The van der Waals surface area contributed by atoms with Crippen molar-refractivity contribution in [1.29, 1.82) is 5.26 Å². The summed E-state index contributed by atoms with van der Waals surface area (Å²) in [5.74, 6) is 1.83. The molecule has 0 aromatic rings. The number of nitrogens with zero attached hydrogens (tertiary/aromatic N) is 3. The largest absolute Gasteiger partial charge is 0.322 e. The molecule has 0 radical (unpaired) electrons. The lowest BCUT2D eigenvalue weighted by Crippen LogP contribution is -2.55. The molecule has 0 aromatic heterocycles. The summed E-state index contributed by atoms with van der Waals surface area (Å²) in [7, 11) is 0. The number of fused-ring (bicyclic) bond motifs is 3. The zero-order chi connectivity index (χ0) is 18.5. The van der Waals surface area contributed by atoms with Crippen molar-refractivity contribution < 1.29 is 4.79 Å². The predicted molar refractivity (Wildman–Crippen MR) is 104 cm³/mol. The highest BCUT2D eigenvalue weighted by atomic mass is 16.2. The number of likely N-dealkylation sites (tertiary alicyclic amines) is 1. The molecular weight excluding hydrogens is 336 g/mol. The number of carbonyl (C=O) groups is 1. The fourth-order valence-corrected chi connectivity index (χ4v) is 6.84. The van der Waals surface area contributed by atoms with E-state index in [1.807, 2.05) is 4.90 Å². The molecule has 5 fully saturated rings. The van der Waals surface area contributed by atoms with Gasteiger partial charge in [0.2, 0.25) is 5.91 Å². The smallest absolute Gasteiger partial charge is 0.241 e. The quantitative estimate of drug-likeness (QED) is 0.826. The average Bonchev–Trinajstić information content (AvgIpc) is 3.31. The van der Waals surface area contributed by atoms with E-state index in [0.717, 1.165) is 31.6 Å². The van der Waals surface area contributed by atoms with Crippen LogP contribution in [0.15, 0.2) is 0 Å². The molecule has 3 saturated heterocycles. The molecule has 5 heteroatoms. The third kappa shape index (κ3) is 3.19. The van der Waals surface area contributed by atoms with Crippen LogP contribution in [0.5, 0.6) is 0 Å². The topological polar surface area (TPSA) is 73.4 Å². The highest BCUT2D eigenvalue weighted by Gasteiger charge is 2.55. The van der Waals surface area contributed by atoms with E-state index in [1.54, 1.807) is 0 Å². The van der Waals surface area contributed by atoms with Crippen molar-refractivity contribution in [1.82, 2.24) is 9.80 Å². The third-order valence-electron chi connectivity index (χ3n) is 8.42. The first-order valence-electron chi connectivity index (χ1n) is 11.4. The van der Waals surface area contributed by atoms with Crippen LogP contribution in [0.3, 0.4) is 0 Å². The lowest BCUT2D eigenvalue weighted by Gasteiger charge is -2.43. The van der Waals surface area contributed by atoms with Crippen LogP contribution in [0.25, 0.3) is 0 Å². The Morgan fingerprint density at radius 1 is 1.04 bits per heavy atom. The fraction of sp³-hybridized carbons (Fsp3) is 0.909. The number of amides is 1. The summed E-state index contributed by atoms with van der Waals surface area (Å²) in [5.41, 5.74) is 6.53. The molecule has 2 N–H and O–H groups in total. The first-order valence-corrected chi connectivity index (χ1v) is 11.4. The van der Waals surface area contributed by atoms with E-state index < -0.39 is 6.04 Å². The molecule has 5 nitrogen and oxygen atoms in total. The summed E-state index contributed by atoms with van der Waals surface area (Å²) in [6.07, 6.45) is 13.7. The summed E-state index contributed by atoms with van der Waals surface area (Å²) in [6.45, 7) is 1.28. The van der Waals surface area contributed by atoms with Crippen molar-refractivity contribution in [2.75, 3.05) is 6.54 Å². The van der Waals surface area contributed by atoms with E-state index >= 15 is 0 Å². The van der Waals surface area contributed by atoms with Crippen LogP contribution in [-0.4, -0.2) is 52.5 Å². The molecular formula is C22H34N4O. The highest BCUT2D eigenvalue weighted by Crippen LogP contribution is 2.48. The van der Waals surface area contributed by atoms with Gasteiger partial charge in [-0.05, 0) is 69.1 Å². The predicted octanol–water partition coefficient (Wildman–Crippen LogP) is 2.65. The van der Waals surface area contributed by atoms with Gasteiger partial charge in [0, 0.05) is 24.7 Å². The third-order valence-corrected chi connectivity index (χ3v) is 8.42. The van der Waals surface area contributed by atoms with Crippen LogP contribution in [0.1, 0.15) is 70.6 Å². The Morgan fingerprint density at radius 3 is 2.41 bits per heavy atom. The molecule has 27 heavy (non-hydrogen) atoms. The number of hydrogen-bond donors (Lipinski definition) is 1. The van der Waals surface area contributed by atoms with E-state index in [9.17, 15) is 10.1 Å². The molecule has 5 aliphatic rings. The van der Waals surface area contributed by atoms with Crippen LogP contribution in [0, 0.1) is 29.1 Å². The zero-order valence-corrected chi connectivity index (χ0v) is 16.4. The second kappa shape index (κ2) is 7.04. The number of hydrogen-bond acceptors (Lipinski definition) is 4. The monoisotopic (exact) mass is 370 g/mol. The van der Waals surface area contributed by atoms with Gasteiger partial charge in [0.25, 0.3) is 0 Å². The van der Waals surface area contributed by atoms with Crippen LogP contribution in [0.2, 0.25) is 0 Å². The Labute approximate surface area is 163 Å². The molecule has 148 valence electrons. The van der Waals surface area contributed by atoms with Gasteiger partial charge >= 0.3 is 0 Å². The van der Waals surface area contributed by atoms with Crippen molar-refractivity contribution in [3.8, 4) is 6.07 Å². The van der Waals surface area contributed by atoms with E-state index in [0.29, 0.717) is 30.0 Å². The van der Waals surface area contributed by atoms with Gasteiger partial charge in [-0.2, -0.15) is 5.26 Å². The van der Waals surface area contributed by atoms with Gasteiger partial charge in [0.05, 0.1) is 12.1 Å². The minimum atomic E-state index is -0.403. The maximum Gasteiger partial charge on any atom is 0.241 e. The average molecular weight is 371 g/mol. The SMILES string of the molecule is N#C[C@@H]1C[C@@H]2C[C@@H]2N1C(=O)[C@@H](N)C1CC2CCC(C1)N2CC1CCCCC1. The van der Waals surface area contributed by atoms with E-state index in [-0.39, 0.29) is 11.9 Å². The van der Waals surface area contributed by atoms with Crippen LogP contribution < -0.4 is 5.73 Å². The minimum Gasteiger partial charge on any atom is -0.322 e. The molecule has 2 saturated carbocycles. The number of carbonyl (C=O) groups excluding carboxylic acids is 1. The molecule has 3 aliphatic heterocycles. The van der Waals surface area contributed by atoms with Crippen LogP contribution in [-0.2, 0) is 4.79 Å². The Bertz CT molecular complexity index is 610. The standard InChI is InChI=1S/C22H34N4O/c23-12-19-8-15-11-20(15)26(19)22(27)21(24)16-9-17-6-7-18(10-16)25(17)13-14-4-2-1-3-5-14/h14-21H,1-11,13,24H2/t15-,16?,17?,18?,19+,20+,21+/m1/s1.